The summed E-state index contributed by atoms with van der Waals surface area (Å²) in [5, 5.41) is 3.07. The maximum absolute atomic E-state index is 12.8. The van der Waals surface area contributed by atoms with Crippen LogP contribution in [0, 0.1) is 11.8 Å². The molecule has 1 aromatic rings. The van der Waals surface area contributed by atoms with E-state index in [1.807, 2.05) is 32.0 Å². The first-order valence-corrected chi connectivity index (χ1v) is 12.9. The fourth-order valence-corrected chi connectivity index (χ4v) is 5.27. The quantitative estimate of drug-likeness (QED) is 0.550. The number of sulfonamides is 1. The average Bonchev–Trinajstić information content (AvgIpc) is 2.76. The summed E-state index contributed by atoms with van der Waals surface area (Å²) in [6, 6.07) is 5.51. The first-order valence-electron chi connectivity index (χ1n) is 11.3. The van der Waals surface area contributed by atoms with Crippen molar-refractivity contribution in [2.75, 3.05) is 32.6 Å². The fraction of sp³-hybridized carbons (Fsp3) is 0.696. The molecular weight excluding hydrogens is 416 g/mol. The number of amides is 1. The number of carbonyl (C=O) groups excluding carboxylic acids is 1. The Morgan fingerprint density at radius 1 is 1.19 bits per heavy atom. The number of nitrogens with zero attached hydrogens (tertiary/aromatic N) is 1. The van der Waals surface area contributed by atoms with Crippen molar-refractivity contribution >= 4 is 15.9 Å². The number of rotatable bonds is 11. The lowest BCUT2D eigenvalue weighted by Gasteiger charge is -2.31. The highest BCUT2D eigenvalue weighted by Crippen LogP contribution is 2.31. The minimum absolute atomic E-state index is 0.0304. The number of hydrogen-bond donors (Lipinski definition) is 1. The summed E-state index contributed by atoms with van der Waals surface area (Å²) in [6.45, 7) is 9.52. The minimum Gasteiger partial charge on any atom is -0.493 e. The second-order valence-electron chi connectivity index (χ2n) is 8.69. The molecule has 1 fully saturated rings. The van der Waals surface area contributed by atoms with E-state index in [9.17, 15) is 13.2 Å². The van der Waals surface area contributed by atoms with Crippen LogP contribution in [0.15, 0.2) is 18.2 Å². The zero-order valence-corrected chi connectivity index (χ0v) is 20.3. The van der Waals surface area contributed by atoms with E-state index in [0.717, 1.165) is 12.0 Å². The summed E-state index contributed by atoms with van der Waals surface area (Å²) >= 11 is 0. The molecule has 0 aliphatic carbocycles. The zero-order valence-electron chi connectivity index (χ0n) is 19.5. The largest absolute Gasteiger partial charge is 0.493 e. The molecule has 2 rings (SSSR count). The van der Waals surface area contributed by atoms with Crippen molar-refractivity contribution in [3.63, 3.8) is 0 Å². The van der Waals surface area contributed by atoms with E-state index in [1.165, 1.54) is 4.31 Å². The highest BCUT2D eigenvalue weighted by atomic mass is 32.2. The van der Waals surface area contributed by atoms with Gasteiger partial charge in [-0.05, 0) is 49.8 Å². The van der Waals surface area contributed by atoms with E-state index >= 15 is 0 Å². The number of carbonyl (C=O) groups is 1. The highest BCUT2D eigenvalue weighted by molar-refractivity contribution is 7.89. The molecule has 1 unspecified atom stereocenters. The van der Waals surface area contributed by atoms with Gasteiger partial charge < -0.3 is 14.8 Å². The number of benzene rings is 1. The third-order valence-corrected chi connectivity index (χ3v) is 7.55. The molecule has 0 spiro atoms. The third kappa shape index (κ3) is 7.38. The highest BCUT2D eigenvalue weighted by Gasteiger charge is 2.31. The van der Waals surface area contributed by atoms with Crippen LogP contribution in [0.4, 0.5) is 0 Å². The van der Waals surface area contributed by atoms with E-state index in [-0.39, 0.29) is 23.6 Å². The van der Waals surface area contributed by atoms with Crippen LogP contribution in [0.5, 0.6) is 11.5 Å². The molecule has 176 valence electrons. The summed E-state index contributed by atoms with van der Waals surface area (Å²) in [6.07, 6.45) is 2.63. The minimum atomic E-state index is -3.21. The molecule has 31 heavy (non-hydrogen) atoms. The molecule has 1 N–H and O–H groups in total. The van der Waals surface area contributed by atoms with E-state index in [0.29, 0.717) is 56.4 Å². The van der Waals surface area contributed by atoms with Crippen molar-refractivity contribution in [3.8, 4) is 11.5 Å². The molecule has 1 atom stereocenters. The van der Waals surface area contributed by atoms with Gasteiger partial charge in [0.1, 0.15) is 0 Å². The molecule has 8 heteroatoms. The van der Waals surface area contributed by atoms with Gasteiger partial charge in [0.2, 0.25) is 15.9 Å². The predicted octanol–water partition coefficient (Wildman–Crippen LogP) is 3.75. The first kappa shape index (κ1) is 25.5. The van der Waals surface area contributed by atoms with E-state index in [4.69, 9.17) is 9.47 Å². The Morgan fingerprint density at radius 3 is 2.45 bits per heavy atom. The summed E-state index contributed by atoms with van der Waals surface area (Å²) in [5.74, 6) is 1.74. The van der Waals surface area contributed by atoms with Crippen molar-refractivity contribution in [3.05, 3.63) is 23.8 Å². The Hall–Kier alpha value is -1.80. The van der Waals surface area contributed by atoms with Gasteiger partial charge in [-0.3, -0.25) is 4.79 Å². The molecule has 0 radical (unpaired) electrons. The molecule has 0 bridgehead atoms. The van der Waals surface area contributed by atoms with Crippen molar-refractivity contribution in [1.82, 2.24) is 9.62 Å². The van der Waals surface area contributed by atoms with Gasteiger partial charge in [0.05, 0.1) is 25.5 Å². The number of hydrogen-bond acceptors (Lipinski definition) is 5. The first-order chi connectivity index (χ1) is 14.7. The standard InChI is InChI=1S/C23H38N2O5S/c1-6-7-14-31(27,28)25-12-10-19(11-13-25)23(26)24-18(4)20-8-9-21(22(15-20)29-5)30-16-17(2)3/h8-9,15,17-19H,6-7,10-14,16H2,1-5H3,(H,24,26). The van der Waals surface area contributed by atoms with Crippen LogP contribution in [0.25, 0.3) is 0 Å². The Labute approximate surface area is 187 Å². The Kier molecular flexibility index (Phi) is 9.62. The predicted molar refractivity (Wildman–Crippen MR) is 123 cm³/mol. The van der Waals surface area contributed by atoms with Gasteiger partial charge in [0, 0.05) is 19.0 Å². The van der Waals surface area contributed by atoms with Gasteiger partial charge in [-0.2, -0.15) is 0 Å². The summed E-state index contributed by atoms with van der Waals surface area (Å²) in [7, 11) is -1.60. The summed E-state index contributed by atoms with van der Waals surface area (Å²) in [5.41, 5.74) is 0.932. The van der Waals surface area contributed by atoms with Crippen LogP contribution in [-0.4, -0.2) is 51.2 Å². The summed E-state index contributed by atoms with van der Waals surface area (Å²) in [4.78, 5) is 12.8. The molecule has 0 saturated carbocycles. The number of piperidine rings is 1. The van der Waals surface area contributed by atoms with Gasteiger partial charge in [0.25, 0.3) is 0 Å². The zero-order chi connectivity index (χ0) is 23.0. The molecule has 7 nitrogen and oxygen atoms in total. The number of ether oxygens (including phenoxy) is 2. The number of unbranched alkanes of at least 4 members (excludes halogenated alkanes) is 1. The summed E-state index contributed by atoms with van der Waals surface area (Å²) < 4.78 is 37.5. The second kappa shape index (κ2) is 11.7. The molecule has 1 aliphatic rings. The lowest BCUT2D eigenvalue weighted by molar-refractivity contribution is -0.126. The van der Waals surface area contributed by atoms with Crippen LogP contribution in [0.2, 0.25) is 0 Å². The van der Waals surface area contributed by atoms with E-state index < -0.39 is 10.0 Å². The molecule has 1 amide bonds. The van der Waals surface area contributed by atoms with Gasteiger partial charge in [-0.15, -0.1) is 0 Å². The van der Waals surface area contributed by atoms with Gasteiger partial charge in [-0.1, -0.05) is 33.3 Å². The Balaban J connectivity index is 1.92. The van der Waals surface area contributed by atoms with Crippen molar-refractivity contribution in [2.24, 2.45) is 11.8 Å². The normalized spacial score (nSPS) is 16.8. The van der Waals surface area contributed by atoms with Gasteiger partial charge >= 0.3 is 0 Å². The molecule has 1 saturated heterocycles. The van der Waals surface area contributed by atoms with Gasteiger partial charge in [0.15, 0.2) is 11.5 Å². The molecule has 1 aliphatic heterocycles. The van der Waals surface area contributed by atoms with Gasteiger partial charge in [-0.25, -0.2) is 12.7 Å². The lowest BCUT2D eigenvalue weighted by Crippen LogP contribution is -2.44. The maximum atomic E-state index is 12.8. The van der Waals surface area contributed by atoms with E-state index in [1.54, 1.807) is 7.11 Å². The fourth-order valence-electron chi connectivity index (χ4n) is 3.60. The maximum Gasteiger partial charge on any atom is 0.223 e. The Bertz CT molecular complexity index is 817. The monoisotopic (exact) mass is 454 g/mol. The van der Waals surface area contributed by atoms with Crippen molar-refractivity contribution in [2.45, 2.75) is 59.4 Å². The molecule has 0 aromatic heterocycles. The topological polar surface area (TPSA) is 84.9 Å². The molecule has 1 heterocycles. The molecular formula is C23H38N2O5S. The van der Waals surface area contributed by atoms with Crippen LogP contribution in [0.3, 0.4) is 0 Å². The number of methoxy groups -OCH3 is 1. The van der Waals surface area contributed by atoms with Crippen molar-refractivity contribution < 1.29 is 22.7 Å². The van der Waals surface area contributed by atoms with Crippen LogP contribution < -0.4 is 14.8 Å². The SMILES string of the molecule is CCCCS(=O)(=O)N1CCC(C(=O)NC(C)c2ccc(OCC(C)C)c(OC)c2)CC1. The molecule has 1 aromatic carbocycles. The lowest BCUT2D eigenvalue weighted by atomic mass is 9.96. The number of nitrogens with one attached hydrogen (secondary N) is 1. The second-order valence-corrected chi connectivity index (χ2v) is 10.8. The Morgan fingerprint density at radius 2 is 1.87 bits per heavy atom. The van der Waals surface area contributed by atoms with E-state index in [2.05, 4.69) is 19.2 Å². The van der Waals surface area contributed by atoms with Crippen molar-refractivity contribution in [1.29, 1.82) is 0 Å². The smallest absolute Gasteiger partial charge is 0.223 e. The van der Waals surface area contributed by atoms with Crippen LogP contribution in [0.1, 0.15) is 65.0 Å². The van der Waals surface area contributed by atoms with Crippen LogP contribution in [-0.2, 0) is 14.8 Å². The average molecular weight is 455 g/mol. The third-order valence-electron chi connectivity index (χ3n) is 5.59. The van der Waals surface area contributed by atoms with Crippen LogP contribution >= 0.6 is 0 Å².